The molecule has 0 bridgehead atoms. The fourth-order valence-electron chi connectivity index (χ4n) is 8.04. The molecule has 0 fully saturated rings. The van der Waals surface area contributed by atoms with Gasteiger partial charge in [0.25, 0.3) is 0 Å². The summed E-state index contributed by atoms with van der Waals surface area (Å²) in [5.41, 5.74) is 12.8. The molecule has 0 radical (unpaired) electrons. The van der Waals surface area contributed by atoms with E-state index < -0.39 is 0 Å². The topological polar surface area (TPSA) is 16.4 Å². The summed E-state index contributed by atoms with van der Waals surface area (Å²) in [7, 11) is 0. The lowest BCUT2D eigenvalue weighted by molar-refractivity contribution is 0.662. The van der Waals surface area contributed by atoms with Crippen molar-refractivity contribution in [3.05, 3.63) is 163 Å². The molecule has 2 nitrogen and oxygen atoms in total. The molecule has 10 rings (SSSR count). The molecular weight excluding hydrogens is 603 g/mol. The number of para-hydroxylation sites is 1. The predicted molar refractivity (Wildman–Crippen MR) is 204 cm³/mol. The molecular formula is C45H31NOS. The largest absolute Gasteiger partial charge is 0.456 e. The van der Waals surface area contributed by atoms with Crippen molar-refractivity contribution in [2.45, 2.75) is 19.3 Å². The van der Waals surface area contributed by atoms with E-state index in [1.54, 1.807) is 0 Å². The number of furan rings is 1. The highest BCUT2D eigenvalue weighted by Gasteiger charge is 2.38. The smallest absolute Gasteiger partial charge is 0.137 e. The fraction of sp³-hybridized carbons (Fsp3) is 0.0667. The lowest BCUT2D eigenvalue weighted by Gasteiger charge is -2.29. The first-order valence-electron chi connectivity index (χ1n) is 16.5. The summed E-state index contributed by atoms with van der Waals surface area (Å²) in [4.78, 5) is 2.42. The van der Waals surface area contributed by atoms with Crippen molar-refractivity contribution in [3.63, 3.8) is 0 Å². The van der Waals surface area contributed by atoms with Crippen LogP contribution in [0.5, 0.6) is 0 Å². The van der Waals surface area contributed by atoms with E-state index in [0.717, 1.165) is 39.0 Å². The van der Waals surface area contributed by atoms with Crippen LogP contribution in [0.1, 0.15) is 25.0 Å². The molecule has 0 saturated heterocycles. The van der Waals surface area contributed by atoms with Gasteiger partial charge in [-0.3, -0.25) is 0 Å². The van der Waals surface area contributed by atoms with Crippen molar-refractivity contribution in [1.82, 2.24) is 0 Å². The summed E-state index contributed by atoms with van der Waals surface area (Å²) in [5, 5.41) is 4.84. The number of anilines is 3. The van der Waals surface area contributed by atoms with Gasteiger partial charge in [-0.25, -0.2) is 0 Å². The quantitative estimate of drug-likeness (QED) is 0.192. The first-order chi connectivity index (χ1) is 23.5. The third-order valence-electron chi connectivity index (χ3n) is 10.2. The van der Waals surface area contributed by atoms with Crippen LogP contribution in [0.2, 0.25) is 0 Å². The zero-order valence-corrected chi connectivity index (χ0v) is 27.5. The Morgan fingerprint density at radius 1 is 0.479 bits per heavy atom. The second-order valence-electron chi connectivity index (χ2n) is 13.3. The zero-order chi connectivity index (χ0) is 32.0. The molecule has 228 valence electrons. The van der Waals surface area contributed by atoms with Gasteiger partial charge in [-0.05, 0) is 88.0 Å². The molecule has 0 saturated carbocycles. The van der Waals surface area contributed by atoms with E-state index >= 15 is 0 Å². The molecule has 0 N–H and O–H groups in total. The Morgan fingerprint density at radius 2 is 1.15 bits per heavy atom. The molecule has 3 heteroatoms. The summed E-state index contributed by atoms with van der Waals surface area (Å²) < 4.78 is 9.05. The Hall–Kier alpha value is -5.64. The first-order valence-corrected chi connectivity index (χ1v) is 17.3. The number of thiophene rings is 1. The van der Waals surface area contributed by atoms with Crippen molar-refractivity contribution >= 4 is 70.5 Å². The van der Waals surface area contributed by atoms with Crippen LogP contribution >= 0.6 is 11.3 Å². The van der Waals surface area contributed by atoms with Gasteiger partial charge in [0.1, 0.15) is 11.2 Å². The average Bonchev–Trinajstić information content (AvgIpc) is 3.76. The monoisotopic (exact) mass is 633 g/mol. The molecule has 2 aromatic heterocycles. The highest BCUT2D eigenvalue weighted by molar-refractivity contribution is 7.25. The SMILES string of the molecule is CC1(C)c2ccccc2-c2cc(N(c3ccc4c(c3)oc3ccccc34)c3ccc4sc5ccccc5c4c3)cc(-c3ccccc3)c21. The van der Waals surface area contributed by atoms with E-state index in [2.05, 4.69) is 158 Å². The van der Waals surface area contributed by atoms with Crippen LogP contribution in [0.15, 0.2) is 156 Å². The van der Waals surface area contributed by atoms with Crippen molar-refractivity contribution in [1.29, 1.82) is 0 Å². The van der Waals surface area contributed by atoms with Crippen LogP contribution in [0.3, 0.4) is 0 Å². The lowest BCUT2D eigenvalue weighted by Crippen LogP contribution is -2.17. The third kappa shape index (κ3) is 3.98. The Bertz CT molecular complexity index is 2710. The van der Waals surface area contributed by atoms with E-state index in [0.29, 0.717) is 0 Å². The second-order valence-corrected chi connectivity index (χ2v) is 14.4. The van der Waals surface area contributed by atoms with Gasteiger partial charge in [-0.1, -0.05) is 105 Å². The van der Waals surface area contributed by atoms with Gasteiger partial charge in [0.05, 0.1) is 0 Å². The van der Waals surface area contributed by atoms with Crippen LogP contribution in [0, 0.1) is 0 Å². The van der Waals surface area contributed by atoms with Crippen molar-refractivity contribution in [2.24, 2.45) is 0 Å². The molecule has 1 aliphatic rings. The number of nitrogens with zero attached hydrogens (tertiary/aromatic N) is 1. The predicted octanol–water partition coefficient (Wildman–Crippen LogP) is 13.4. The Kier molecular flexibility index (Phi) is 5.82. The van der Waals surface area contributed by atoms with Crippen molar-refractivity contribution in [2.75, 3.05) is 4.90 Å². The van der Waals surface area contributed by atoms with Gasteiger partial charge in [0.2, 0.25) is 0 Å². The Labute approximate surface area is 283 Å². The number of rotatable bonds is 4. The fourth-order valence-corrected chi connectivity index (χ4v) is 9.13. The van der Waals surface area contributed by atoms with Crippen LogP contribution in [0.25, 0.3) is 64.4 Å². The maximum Gasteiger partial charge on any atom is 0.137 e. The lowest BCUT2D eigenvalue weighted by atomic mass is 9.78. The minimum absolute atomic E-state index is 0.137. The molecule has 0 unspecified atom stereocenters. The Morgan fingerprint density at radius 3 is 2.04 bits per heavy atom. The normalized spacial score (nSPS) is 13.4. The van der Waals surface area contributed by atoms with Gasteiger partial charge >= 0.3 is 0 Å². The minimum Gasteiger partial charge on any atom is -0.456 e. The summed E-state index contributed by atoms with van der Waals surface area (Å²) in [6.45, 7) is 4.74. The molecule has 7 aromatic carbocycles. The van der Waals surface area contributed by atoms with Crippen molar-refractivity contribution < 1.29 is 4.42 Å². The Balaban J connectivity index is 1.28. The second kappa shape index (κ2) is 10.2. The summed E-state index contributed by atoms with van der Waals surface area (Å²) >= 11 is 1.85. The maximum atomic E-state index is 6.45. The van der Waals surface area contributed by atoms with Gasteiger partial charge in [0.15, 0.2) is 0 Å². The molecule has 2 heterocycles. The molecule has 9 aromatic rings. The van der Waals surface area contributed by atoms with E-state index in [1.807, 2.05) is 23.5 Å². The highest BCUT2D eigenvalue weighted by Crippen LogP contribution is 2.54. The van der Waals surface area contributed by atoms with E-state index in [-0.39, 0.29) is 5.41 Å². The molecule has 48 heavy (non-hydrogen) atoms. The molecule has 0 atom stereocenters. The van der Waals surface area contributed by atoms with Crippen LogP contribution in [-0.4, -0.2) is 0 Å². The standard InChI is InChI=1S/C45H31NOS/c1-45(2)39-17-9-6-14-32(39)38-26-31(25-36(44(38)45)28-12-4-3-5-13-28)46(29-21-23-43-37(24-29)35-16-8-11-19-42(35)48-43)30-20-22-34-33-15-7-10-18-40(33)47-41(34)27-30/h3-27H,1-2H3. The first kappa shape index (κ1) is 27.5. The van der Waals surface area contributed by atoms with Gasteiger partial charge in [-0.2, -0.15) is 0 Å². The van der Waals surface area contributed by atoms with Gasteiger partial charge < -0.3 is 9.32 Å². The third-order valence-corrected chi connectivity index (χ3v) is 11.4. The summed E-state index contributed by atoms with van der Waals surface area (Å²) in [6, 6.07) is 55.2. The summed E-state index contributed by atoms with van der Waals surface area (Å²) in [5.74, 6) is 0. The molecule has 0 amide bonds. The number of fused-ring (bicyclic) bond motifs is 9. The number of hydrogen-bond donors (Lipinski definition) is 0. The van der Waals surface area contributed by atoms with Crippen molar-refractivity contribution in [3.8, 4) is 22.3 Å². The van der Waals surface area contributed by atoms with E-state index in [1.165, 1.54) is 53.6 Å². The van der Waals surface area contributed by atoms with Crippen LogP contribution in [-0.2, 0) is 5.41 Å². The van der Waals surface area contributed by atoms with Gasteiger partial charge in [0, 0.05) is 59.5 Å². The minimum atomic E-state index is -0.137. The van der Waals surface area contributed by atoms with E-state index in [4.69, 9.17) is 4.42 Å². The zero-order valence-electron chi connectivity index (χ0n) is 26.7. The van der Waals surface area contributed by atoms with Gasteiger partial charge in [-0.15, -0.1) is 11.3 Å². The van der Waals surface area contributed by atoms with Crippen LogP contribution in [0.4, 0.5) is 17.1 Å². The maximum absolute atomic E-state index is 6.45. The molecule has 1 aliphatic carbocycles. The molecule has 0 aliphatic heterocycles. The molecule has 0 spiro atoms. The number of hydrogen-bond acceptors (Lipinski definition) is 3. The average molecular weight is 634 g/mol. The van der Waals surface area contributed by atoms with Crippen LogP contribution < -0.4 is 4.90 Å². The highest BCUT2D eigenvalue weighted by atomic mass is 32.1. The van der Waals surface area contributed by atoms with E-state index in [9.17, 15) is 0 Å². The summed E-state index contributed by atoms with van der Waals surface area (Å²) in [6.07, 6.45) is 0. The number of benzene rings is 7.